The lowest BCUT2D eigenvalue weighted by Crippen LogP contribution is -2.31. The topological polar surface area (TPSA) is 70.9 Å². The number of aromatic amines is 1. The van der Waals surface area contributed by atoms with Gasteiger partial charge >= 0.3 is 0 Å². The third-order valence-corrected chi connectivity index (χ3v) is 5.73. The van der Waals surface area contributed by atoms with E-state index in [1.165, 1.54) is 25.7 Å². The van der Waals surface area contributed by atoms with E-state index in [9.17, 15) is 4.79 Å². The number of halogens is 1. The third kappa shape index (κ3) is 2.19. The van der Waals surface area contributed by atoms with E-state index in [0.717, 1.165) is 11.8 Å². The molecule has 3 heterocycles. The van der Waals surface area contributed by atoms with Crippen LogP contribution in [-0.2, 0) is 0 Å². The highest BCUT2D eigenvalue weighted by Crippen LogP contribution is 2.38. The number of aromatic nitrogens is 2. The molecule has 2 N–H and O–H groups in total. The summed E-state index contributed by atoms with van der Waals surface area (Å²) >= 11 is 6.10. The Hall–Kier alpha value is -1.85. The van der Waals surface area contributed by atoms with Gasteiger partial charge in [-0.2, -0.15) is 0 Å². The number of hydrogen-bond acceptors (Lipinski definition) is 4. The molecule has 2 unspecified atom stereocenters. The van der Waals surface area contributed by atoms with E-state index in [2.05, 4.69) is 10.3 Å². The van der Waals surface area contributed by atoms with Crippen molar-refractivity contribution in [2.24, 2.45) is 5.92 Å². The van der Waals surface area contributed by atoms with Crippen LogP contribution in [0.2, 0.25) is 5.02 Å². The summed E-state index contributed by atoms with van der Waals surface area (Å²) in [6.07, 6.45) is 6.12. The first-order valence-electron chi connectivity index (χ1n) is 8.57. The fraction of sp³-hybridized carbons (Fsp3) is 0.444. The van der Waals surface area contributed by atoms with Gasteiger partial charge in [0.25, 0.3) is 5.56 Å². The molecule has 1 aliphatic heterocycles. The summed E-state index contributed by atoms with van der Waals surface area (Å²) in [7, 11) is 0. The predicted octanol–water partition coefficient (Wildman–Crippen LogP) is 3.92. The molecule has 1 saturated carbocycles. The molecule has 3 atom stereocenters. The molecule has 0 spiro atoms. The second-order valence-corrected chi connectivity index (χ2v) is 7.41. The molecule has 1 aromatic carbocycles. The zero-order valence-corrected chi connectivity index (χ0v) is 13.9. The van der Waals surface area contributed by atoms with Crippen molar-refractivity contribution in [1.82, 2.24) is 15.3 Å². The van der Waals surface area contributed by atoms with Gasteiger partial charge in [-0.15, -0.1) is 0 Å². The molecule has 2 fully saturated rings. The predicted molar refractivity (Wildman–Crippen MR) is 93.4 cm³/mol. The van der Waals surface area contributed by atoms with Gasteiger partial charge in [0, 0.05) is 16.5 Å². The van der Waals surface area contributed by atoms with E-state index < -0.39 is 0 Å². The highest BCUT2D eigenvalue weighted by molar-refractivity contribution is 6.31. The minimum atomic E-state index is -0.223. The zero-order chi connectivity index (χ0) is 16.3. The fourth-order valence-corrected chi connectivity index (χ4v) is 4.51. The van der Waals surface area contributed by atoms with E-state index >= 15 is 0 Å². The summed E-state index contributed by atoms with van der Waals surface area (Å²) in [5.74, 6) is 1.41. The Labute approximate surface area is 143 Å². The Morgan fingerprint density at radius 3 is 3.00 bits per heavy atom. The number of furan rings is 1. The quantitative estimate of drug-likeness (QED) is 0.702. The average Bonchev–Trinajstić information content (AvgIpc) is 3.16. The lowest BCUT2D eigenvalue weighted by molar-refractivity contribution is 0.325. The Morgan fingerprint density at radius 2 is 2.12 bits per heavy atom. The van der Waals surface area contributed by atoms with Crippen molar-refractivity contribution in [2.75, 3.05) is 0 Å². The number of nitrogens with one attached hydrogen (secondary N) is 2. The Bertz CT molecular complexity index is 979. The van der Waals surface area contributed by atoms with E-state index in [0.29, 0.717) is 33.9 Å². The van der Waals surface area contributed by atoms with Crippen LogP contribution in [0.3, 0.4) is 0 Å². The van der Waals surface area contributed by atoms with Gasteiger partial charge < -0.3 is 14.7 Å². The van der Waals surface area contributed by atoms with Crippen LogP contribution in [0.25, 0.3) is 22.1 Å². The smallest absolute Gasteiger partial charge is 0.294 e. The van der Waals surface area contributed by atoms with E-state index in [-0.39, 0.29) is 17.2 Å². The van der Waals surface area contributed by atoms with Crippen molar-refractivity contribution in [3.8, 4) is 0 Å². The van der Waals surface area contributed by atoms with Crippen LogP contribution in [0.5, 0.6) is 0 Å². The molecule has 0 amide bonds. The summed E-state index contributed by atoms with van der Waals surface area (Å²) < 4.78 is 5.67. The normalized spacial score (nSPS) is 27.0. The zero-order valence-electron chi connectivity index (χ0n) is 13.1. The first-order valence-corrected chi connectivity index (χ1v) is 8.95. The molecule has 0 radical (unpaired) electrons. The lowest BCUT2D eigenvalue weighted by Gasteiger charge is -2.24. The number of fused-ring (bicyclic) bond motifs is 4. The van der Waals surface area contributed by atoms with Gasteiger partial charge in [-0.25, -0.2) is 4.98 Å². The first kappa shape index (κ1) is 14.5. The molecule has 24 heavy (non-hydrogen) atoms. The molecular weight excluding hydrogens is 326 g/mol. The van der Waals surface area contributed by atoms with Crippen molar-refractivity contribution >= 4 is 33.7 Å². The molecule has 2 aliphatic rings. The van der Waals surface area contributed by atoms with E-state index in [1.807, 2.05) is 0 Å². The van der Waals surface area contributed by atoms with Crippen molar-refractivity contribution in [2.45, 2.75) is 44.2 Å². The second kappa shape index (κ2) is 5.33. The largest absolute Gasteiger partial charge is 0.449 e. The van der Waals surface area contributed by atoms with Crippen LogP contribution in [-0.4, -0.2) is 16.0 Å². The average molecular weight is 344 g/mol. The maximum absolute atomic E-state index is 12.5. The summed E-state index contributed by atoms with van der Waals surface area (Å²) in [6.45, 7) is 0. The molecule has 3 aromatic rings. The van der Waals surface area contributed by atoms with Crippen LogP contribution >= 0.6 is 11.6 Å². The molecule has 6 heteroatoms. The van der Waals surface area contributed by atoms with Crippen LogP contribution in [0, 0.1) is 5.92 Å². The second-order valence-electron chi connectivity index (χ2n) is 6.98. The molecule has 1 saturated heterocycles. The molecule has 0 bridgehead atoms. The van der Waals surface area contributed by atoms with Gasteiger partial charge in [-0.3, -0.25) is 4.79 Å². The number of H-pyrrole nitrogens is 1. The van der Waals surface area contributed by atoms with Crippen LogP contribution < -0.4 is 10.9 Å². The van der Waals surface area contributed by atoms with E-state index in [4.69, 9.17) is 21.0 Å². The van der Waals surface area contributed by atoms with Gasteiger partial charge in [0.2, 0.25) is 5.58 Å². The monoisotopic (exact) mass is 343 g/mol. The number of hydrogen-bond donors (Lipinski definition) is 2. The Morgan fingerprint density at radius 1 is 1.25 bits per heavy atom. The summed E-state index contributed by atoms with van der Waals surface area (Å²) in [4.78, 5) is 20.1. The molecular formula is C18H18ClN3O2. The van der Waals surface area contributed by atoms with Crippen LogP contribution in [0.4, 0.5) is 0 Å². The van der Waals surface area contributed by atoms with Crippen molar-refractivity contribution in [3.05, 3.63) is 39.4 Å². The fourth-order valence-electron chi connectivity index (χ4n) is 4.34. The first-order chi connectivity index (χ1) is 11.7. The minimum Gasteiger partial charge on any atom is -0.449 e. The lowest BCUT2D eigenvalue weighted by atomic mass is 9.85. The number of benzene rings is 1. The summed E-state index contributed by atoms with van der Waals surface area (Å²) in [6, 6.07) is 6.01. The minimum absolute atomic E-state index is 0.110. The van der Waals surface area contributed by atoms with Gasteiger partial charge in [0.15, 0.2) is 0 Å². The number of nitrogens with zero attached hydrogens (tertiary/aromatic N) is 1. The SMILES string of the molecule is O=c1[nH]c([C@@H]2CC3CCCCC3N2)nc2c1oc1ccc(Cl)cc12. The molecule has 1 aliphatic carbocycles. The van der Waals surface area contributed by atoms with Gasteiger partial charge in [-0.05, 0) is 43.4 Å². The van der Waals surface area contributed by atoms with E-state index in [1.54, 1.807) is 18.2 Å². The van der Waals surface area contributed by atoms with Crippen molar-refractivity contribution < 1.29 is 4.42 Å². The third-order valence-electron chi connectivity index (χ3n) is 5.50. The molecule has 5 rings (SSSR count). The maximum atomic E-state index is 12.5. The van der Waals surface area contributed by atoms with Crippen molar-refractivity contribution in [3.63, 3.8) is 0 Å². The van der Waals surface area contributed by atoms with Gasteiger partial charge in [0.05, 0.1) is 6.04 Å². The molecule has 5 nitrogen and oxygen atoms in total. The Balaban J connectivity index is 1.63. The number of rotatable bonds is 1. The maximum Gasteiger partial charge on any atom is 0.294 e. The molecule has 124 valence electrons. The van der Waals surface area contributed by atoms with Gasteiger partial charge in [0.1, 0.15) is 16.9 Å². The standard InChI is InChI=1S/C18H18ClN3O2/c19-10-5-6-14-11(8-10)15-16(24-14)18(23)22-17(21-15)13-7-9-3-1-2-4-12(9)20-13/h5-6,8-9,12-13,20H,1-4,7H2,(H,21,22,23)/t9?,12?,13-/m0/s1. The highest BCUT2D eigenvalue weighted by Gasteiger charge is 2.37. The van der Waals surface area contributed by atoms with Crippen LogP contribution in [0.15, 0.2) is 27.4 Å². The highest BCUT2D eigenvalue weighted by atomic mass is 35.5. The van der Waals surface area contributed by atoms with Crippen molar-refractivity contribution in [1.29, 1.82) is 0 Å². The van der Waals surface area contributed by atoms with Crippen LogP contribution in [0.1, 0.15) is 44.0 Å². The summed E-state index contributed by atoms with van der Waals surface area (Å²) in [5, 5.41) is 5.07. The summed E-state index contributed by atoms with van der Waals surface area (Å²) in [5.41, 5.74) is 1.28. The van der Waals surface area contributed by atoms with Gasteiger partial charge in [-0.1, -0.05) is 24.4 Å². The Kier molecular flexibility index (Phi) is 3.22. The molecule has 2 aromatic heterocycles.